The van der Waals surface area contributed by atoms with Gasteiger partial charge in [-0.2, -0.15) is 0 Å². The van der Waals surface area contributed by atoms with Gasteiger partial charge in [-0.3, -0.25) is 9.59 Å². The van der Waals surface area contributed by atoms with Gasteiger partial charge in [-0.15, -0.1) is 0 Å². The van der Waals surface area contributed by atoms with Crippen molar-refractivity contribution in [1.29, 1.82) is 0 Å². The summed E-state index contributed by atoms with van der Waals surface area (Å²) in [5.41, 5.74) is 0.703. The summed E-state index contributed by atoms with van der Waals surface area (Å²) in [6.45, 7) is 4.75. The van der Waals surface area contributed by atoms with E-state index in [-0.39, 0.29) is 13.2 Å². The summed E-state index contributed by atoms with van der Waals surface area (Å²) in [5.74, 6) is -1.30. The lowest BCUT2D eigenvalue weighted by Crippen LogP contribution is -2.50. The second-order valence-electron chi connectivity index (χ2n) is 8.20. The van der Waals surface area contributed by atoms with Crippen LogP contribution >= 0.6 is 0 Å². The third-order valence-corrected chi connectivity index (χ3v) is 4.32. The molecule has 2 rings (SSSR count). The highest BCUT2D eigenvalue weighted by Gasteiger charge is 2.29. The van der Waals surface area contributed by atoms with E-state index < -0.39 is 42.1 Å². The van der Waals surface area contributed by atoms with Crippen LogP contribution in [0.3, 0.4) is 0 Å². The van der Waals surface area contributed by atoms with Gasteiger partial charge >= 0.3 is 12.1 Å². The molecule has 8 heteroatoms. The Balaban J connectivity index is 2.07. The number of rotatable bonds is 9. The summed E-state index contributed by atoms with van der Waals surface area (Å²) in [7, 11) is 0. The monoisotopic (exact) mass is 442 g/mol. The molecule has 0 fully saturated rings. The zero-order valence-corrected chi connectivity index (χ0v) is 18.5. The molecule has 0 aromatic heterocycles. The number of esters is 1. The van der Waals surface area contributed by atoms with Gasteiger partial charge in [0, 0.05) is 0 Å². The lowest BCUT2D eigenvalue weighted by molar-refractivity contribution is -0.147. The molecule has 8 nitrogen and oxygen atoms in total. The summed E-state index contributed by atoms with van der Waals surface area (Å²) in [4.78, 5) is 37.5. The van der Waals surface area contributed by atoms with E-state index in [4.69, 9.17) is 9.47 Å². The van der Waals surface area contributed by atoms with Crippen LogP contribution in [-0.2, 0) is 25.7 Å². The fourth-order valence-electron chi connectivity index (χ4n) is 2.81. The van der Waals surface area contributed by atoms with Crippen molar-refractivity contribution in [2.75, 3.05) is 6.61 Å². The van der Waals surface area contributed by atoms with E-state index in [0.29, 0.717) is 5.56 Å². The molecular weight excluding hydrogens is 412 g/mol. The first kappa shape index (κ1) is 24.9. The highest BCUT2D eigenvalue weighted by atomic mass is 16.6. The third kappa shape index (κ3) is 8.77. The predicted molar refractivity (Wildman–Crippen MR) is 118 cm³/mol. The molecule has 0 saturated carbocycles. The van der Waals surface area contributed by atoms with Gasteiger partial charge in [-0.25, -0.2) is 4.79 Å². The Bertz CT molecular complexity index is 880. The topological polar surface area (TPSA) is 114 Å². The van der Waals surface area contributed by atoms with Crippen molar-refractivity contribution in [2.45, 2.75) is 51.5 Å². The standard InChI is InChI=1S/C24H30N2O6/c1-24(2,3)32-23(30)26-19(14-21(28)31-16-17-10-6-4-7-11-17)22(29)25-20(15-27)18-12-8-5-9-13-18/h4-13,19-20,27H,14-16H2,1-3H3,(H,25,29)(H,26,30)/t19-,20-/m1/s1. The molecular formula is C24H30N2O6. The molecule has 2 aromatic carbocycles. The Morgan fingerprint density at radius 3 is 2.09 bits per heavy atom. The van der Waals surface area contributed by atoms with E-state index >= 15 is 0 Å². The molecule has 0 bridgehead atoms. The molecule has 0 spiro atoms. The summed E-state index contributed by atoms with van der Waals surface area (Å²) in [5, 5.41) is 14.8. The number of benzene rings is 2. The second kappa shape index (κ2) is 11.9. The first-order valence-corrected chi connectivity index (χ1v) is 10.3. The SMILES string of the molecule is CC(C)(C)OC(=O)N[C@H](CC(=O)OCc1ccccc1)C(=O)N[C@H](CO)c1ccccc1. The molecule has 0 radical (unpaired) electrons. The highest BCUT2D eigenvalue weighted by Crippen LogP contribution is 2.13. The molecule has 2 atom stereocenters. The van der Waals surface area contributed by atoms with E-state index in [1.807, 2.05) is 36.4 Å². The molecule has 32 heavy (non-hydrogen) atoms. The van der Waals surface area contributed by atoms with Crippen molar-refractivity contribution in [1.82, 2.24) is 10.6 Å². The molecule has 0 heterocycles. The van der Waals surface area contributed by atoms with Crippen LogP contribution in [0.2, 0.25) is 0 Å². The summed E-state index contributed by atoms with van der Waals surface area (Å²) >= 11 is 0. The van der Waals surface area contributed by atoms with Crippen LogP contribution in [-0.4, -0.2) is 41.3 Å². The molecule has 0 saturated heterocycles. The summed E-state index contributed by atoms with van der Waals surface area (Å²) in [6.07, 6.45) is -1.24. The molecule has 0 aliphatic rings. The molecule has 172 valence electrons. The van der Waals surface area contributed by atoms with Crippen molar-refractivity contribution in [3.8, 4) is 0 Å². The maximum Gasteiger partial charge on any atom is 0.408 e. The molecule has 3 N–H and O–H groups in total. The van der Waals surface area contributed by atoms with Gasteiger partial charge in [-0.1, -0.05) is 60.7 Å². The lowest BCUT2D eigenvalue weighted by Gasteiger charge is -2.24. The van der Waals surface area contributed by atoms with Crippen LogP contribution in [0.1, 0.15) is 44.4 Å². The minimum Gasteiger partial charge on any atom is -0.461 e. The number of aliphatic hydroxyl groups is 1. The number of amides is 2. The number of carbonyl (C=O) groups excluding carboxylic acids is 3. The van der Waals surface area contributed by atoms with Crippen molar-refractivity contribution >= 4 is 18.0 Å². The van der Waals surface area contributed by atoms with Crippen LogP contribution < -0.4 is 10.6 Å². The van der Waals surface area contributed by atoms with Crippen LogP contribution in [0.25, 0.3) is 0 Å². The lowest BCUT2D eigenvalue weighted by atomic mass is 10.1. The Morgan fingerprint density at radius 2 is 1.53 bits per heavy atom. The predicted octanol–water partition coefficient (Wildman–Crippen LogP) is 2.86. The maximum absolute atomic E-state index is 12.9. The van der Waals surface area contributed by atoms with Gasteiger partial charge < -0.3 is 25.2 Å². The Labute approximate surface area is 187 Å². The first-order chi connectivity index (χ1) is 15.2. The van der Waals surface area contributed by atoms with E-state index in [1.165, 1.54) is 0 Å². The fourth-order valence-corrected chi connectivity index (χ4v) is 2.81. The van der Waals surface area contributed by atoms with Crippen LogP contribution in [0, 0.1) is 0 Å². The molecule has 0 aliphatic carbocycles. The van der Waals surface area contributed by atoms with Crippen molar-refractivity contribution in [3.63, 3.8) is 0 Å². The van der Waals surface area contributed by atoms with Gasteiger partial charge in [0.1, 0.15) is 18.2 Å². The number of ether oxygens (including phenoxy) is 2. The largest absolute Gasteiger partial charge is 0.461 e. The van der Waals surface area contributed by atoms with Crippen LogP contribution in [0.15, 0.2) is 60.7 Å². The smallest absolute Gasteiger partial charge is 0.408 e. The third-order valence-electron chi connectivity index (χ3n) is 4.32. The Kier molecular flexibility index (Phi) is 9.22. The van der Waals surface area contributed by atoms with Crippen molar-refractivity contribution in [3.05, 3.63) is 71.8 Å². The number of hydrogen-bond donors (Lipinski definition) is 3. The maximum atomic E-state index is 12.9. The second-order valence-corrected chi connectivity index (χ2v) is 8.20. The quantitative estimate of drug-likeness (QED) is 0.515. The van der Waals surface area contributed by atoms with Crippen LogP contribution in [0.5, 0.6) is 0 Å². The number of hydrogen-bond acceptors (Lipinski definition) is 6. The average molecular weight is 443 g/mol. The molecule has 0 aliphatic heterocycles. The summed E-state index contributed by atoms with van der Waals surface area (Å²) in [6, 6.07) is 16.0. The zero-order chi connectivity index (χ0) is 23.6. The van der Waals surface area contributed by atoms with Crippen molar-refractivity contribution < 1.29 is 29.0 Å². The average Bonchev–Trinajstić information content (AvgIpc) is 2.75. The molecule has 0 unspecified atom stereocenters. The normalized spacial score (nSPS) is 12.9. The number of alkyl carbamates (subject to hydrolysis) is 1. The van der Waals surface area contributed by atoms with Gasteiger partial charge in [0.25, 0.3) is 0 Å². The fraction of sp³-hybridized carbons (Fsp3) is 0.375. The van der Waals surface area contributed by atoms with E-state index in [9.17, 15) is 19.5 Å². The molecule has 2 amide bonds. The van der Waals surface area contributed by atoms with E-state index in [0.717, 1.165) is 5.56 Å². The first-order valence-electron chi connectivity index (χ1n) is 10.3. The van der Waals surface area contributed by atoms with Gasteiger partial charge in [0.15, 0.2) is 0 Å². The van der Waals surface area contributed by atoms with E-state index in [1.54, 1.807) is 45.0 Å². The minimum absolute atomic E-state index is 0.0454. The van der Waals surface area contributed by atoms with Gasteiger partial charge in [-0.05, 0) is 31.9 Å². The number of aliphatic hydroxyl groups excluding tert-OH is 1. The zero-order valence-electron chi connectivity index (χ0n) is 18.5. The van der Waals surface area contributed by atoms with Gasteiger partial charge in [0.2, 0.25) is 5.91 Å². The number of nitrogens with one attached hydrogen (secondary N) is 2. The Hall–Kier alpha value is -3.39. The molecule has 2 aromatic rings. The highest BCUT2D eigenvalue weighted by molar-refractivity contribution is 5.89. The van der Waals surface area contributed by atoms with Gasteiger partial charge in [0.05, 0.1) is 19.1 Å². The van der Waals surface area contributed by atoms with E-state index in [2.05, 4.69) is 10.6 Å². The van der Waals surface area contributed by atoms with Crippen molar-refractivity contribution in [2.24, 2.45) is 0 Å². The minimum atomic E-state index is -1.24. The number of carbonyl (C=O) groups is 3. The Morgan fingerprint density at radius 1 is 0.938 bits per heavy atom. The van der Waals surface area contributed by atoms with Crippen LogP contribution in [0.4, 0.5) is 4.79 Å². The summed E-state index contributed by atoms with van der Waals surface area (Å²) < 4.78 is 10.5.